The first-order valence-corrected chi connectivity index (χ1v) is 6.57. The summed E-state index contributed by atoms with van der Waals surface area (Å²) >= 11 is 3.57. The average Bonchev–Trinajstić information content (AvgIpc) is 2.80. The Morgan fingerprint density at radius 1 is 1.47 bits per heavy atom. The summed E-state index contributed by atoms with van der Waals surface area (Å²) in [6.45, 7) is 4.84. The van der Waals surface area contributed by atoms with Crippen molar-refractivity contribution in [1.82, 2.24) is 20.0 Å². The van der Waals surface area contributed by atoms with Crippen LogP contribution in [-0.2, 0) is 6.54 Å². The third kappa shape index (κ3) is 2.91. The Balaban J connectivity index is 2.14. The molecular weight excluding hydrogens is 280 g/mol. The first-order valence-electron chi connectivity index (χ1n) is 5.65. The molecule has 0 aliphatic rings. The largest absolute Gasteiger partial charge is 0.259 e. The van der Waals surface area contributed by atoms with Crippen molar-refractivity contribution in [1.29, 1.82) is 0 Å². The van der Waals surface area contributed by atoms with E-state index in [0.717, 1.165) is 17.8 Å². The lowest BCUT2D eigenvalue weighted by Gasteiger charge is -2.03. The fourth-order valence-corrected chi connectivity index (χ4v) is 1.79. The summed E-state index contributed by atoms with van der Waals surface area (Å²) in [5.74, 6) is 0. The van der Waals surface area contributed by atoms with Gasteiger partial charge in [0.2, 0.25) is 0 Å². The number of rotatable bonds is 4. The Morgan fingerprint density at radius 3 is 3.00 bits per heavy atom. The number of aromatic nitrogens is 4. The molecule has 0 aliphatic carbocycles. The van der Waals surface area contributed by atoms with Crippen molar-refractivity contribution in [3.8, 4) is 0 Å². The molecule has 0 bridgehead atoms. The number of hydrogen-bond acceptors (Lipinski definition) is 3. The summed E-state index contributed by atoms with van der Waals surface area (Å²) in [6.07, 6.45) is 4.78. The molecule has 17 heavy (non-hydrogen) atoms. The Labute approximate surface area is 109 Å². The smallest absolute Gasteiger partial charge is 0.0963 e. The van der Waals surface area contributed by atoms with Crippen LogP contribution < -0.4 is 0 Å². The lowest BCUT2D eigenvalue weighted by atomic mass is 10.2. The maximum atomic E-state index is 4.35. The van der Waals surface area contributed by atoms with Crippen molar-refractivity contribution >= 4 is 15.9 Å². The van der Waals surface area contributed by atoms with Gasteiger partial charge in [-0.3, -0.25) is 4.98 Å². The summed E-state index contributed by atoms with van der Waals surface area (Å²) in [5.41, 5.74) is 3.18. The minimum absolute atomic E-state index is 0.279. The van der Waals surface area contributed by atoms with Crippen LogP contribution in [0.1, 0.15) is 35.1 Å². The topological polar surface area (TPSA) is 43.6 Å². The van der Waals surface area contributed by atoms with Crippen LogP contribution >= 0.6 is 15.9 Å². The summed E-state index contributed by atoms with van der Waals surface area (Å²) in [5, 5.41) is 8.27. The van der Waals surface area contributed by atoms with Crippen molar-refractivity contribution in [3.05, 3.63) is 41.5 Å². The molecule has 5 heteroatoms. The van der Waals surface area contributed by atoms with E-state index in [9.17, 15) is 0 Å². The van der Waals surface area contributed by atoms with Gasteiger partial charge in [0, 0.05) is 6.20 Å². The molecule has 0 amide bonds. The van der Waals surface area contributed by atoms with Crippen molar-refractivity contribution in [2.45, 2.75) is 31.6 Å². The van der Waals surface area contributed by atoms with Gasteiger partial charge in [0.1, 0.15) is 0 Å². The highest BCUT2D eigenvalue weighted by Crippen LogP contribution is 2.23. The summed E-state index contributed by atoms with van der Waals surface area (Å²) in [7, 11) is 0. The maximum absolute atomic E-state index is 4.35. The van der Waals surface area contributed by atoms with E-state index in [1.54, 1.807) is 6.20 Å². The number of alkyl halides is 1. The highest BCUT2D eigenvalue weighted by Gasteiger charge is 2.10. The van der Waals surface area contributed by atoms with Crippen LogP contribution in [0.4, 0.5) is 0 Å². The second-order valence-electron chi connectivity index (χ2n) is 3.98. The van der Waals surface area contributed by atoms with E-state index in [1.165, 1.54) is 5.56 Å². The van der Waals surface area contributed by atoms with Gasteiger partial charge < -0.3 is 0 Å². The average molecular weight is 295 g/mol. The van der Waals surface area contributed by atoms with Gasteiger partial charge in [-0.2, -0.15) is 0 Å². The van der Waals surface area contributed by atoms with Crippen molar-refractivity contribution in [2.75, 3.05) is 0 Å². The van der Waals surface area contributed by atoms with Crippen LogP contribution in [0.25, 0.3) is 0 Å². The monoisotopic (exact) mass is 294 g/mol. The first kappa shape index (κ1) is 12.2. The second kappa shape index (κ2) is 5.40. The van der Waals surface area contributed by atoms with Crippen molar-refractivity contribution < 1.29 is 0 Å². The highest BCUT2D eigenvalue weighted by atomic mass is 79.9. The molecule has 90 valence electrons. The lowest BCUT2D eigenvalue weighted by Crippen LogP contribution is -2.04. The van der Waals surface area contributed by atoms with E-state index in [2.05, 4.69) is 51.1 Å². The quantitative estimate of drug-likeness (QED) is 0.815. The van der Waals surface area contributed by atoms with Crippen LogP contribution in [0, 0.1) is 6.92 Å². The zero-order valence-electron chi connectivity index (χ0n) is 9.97. The molecule has 0 saturated heterocycles. The third-order valence-electron chi connectivity index (χ3n) is 2.67. The van der Waals surface area contributed by atoms with Gasteiger partial charge in [-0.05, 0) is 25.0 Å². The van der Waals surface area contributed by atoms with E-state index in [-0.39, 0.29) is 4.83 Å². The molecule has 0 saturated carbocycles. The van der Waals surface area contributed by atoms with Crippen LogP contribution in [-0.4, -0.2) is 20.0 Å². The fraction of sp³-hybridized carbons (Fsp3) is 0.417. The van der Waals surface area contributed by atoms with Gasteiger partial charge in [-0.15, -0.1) is 5.10 Å². The van der Waals surface area contributed by atoms with Crippen molar-refractivity contribution in [3.63, 3.8) is 0 Å². The zero-order chi connectivity index (χ0) is 12.3. The van der Waals surface area contributed by atoms with E-state index in [4.69, 9.17) is 0 Å². The van der Waals surface area contributed by atoms with Gasteiger partial charge in [0.25, 0.3) is 0 Å². The Hall–Kier alpha value is -1.23. The lowest BCUT2D eigenvalue weighted by molar-refractivity contribution is 0.635. The standard InChI is InChI=1S/C12H15BrN4/c1-3-10(13)12-8-17(16-15-12)7-11-9(2)5-4-6-14-11/h4-6,8,10H,3,7H2,1-2H3. The highest BCUT2D eigenvalue weighted by molar-refractivity contribution is 9.09. The molecule has 1 atom stereocenters. The third-order valence-corrected chi connectivity index (χ3v) is 3.78. The fourth-order valence-electron chi connectivity index (χ4n) is 1.58. The number of nitrogens with zero attached hydrogens (tertiary/aromatic N) is 4. The predicted octanol–water partition coefficient (Wildman–Crippen LogP) is 2.88. The summed E-state index contributed by atoms with van der Waals surface area (Å²) < 4.78 is 1.83. The minimum atomic E-state index is 0.279. The van der Waals surface area contributed by atoms with Gasteiger partial charge >= 0.3 is 0 Å². The minimum Gasteiger partial charge on any atom is -0.259 e. The van der Waals surface area contributed by atoms with Crippen LogP contribution in [0.3, 0.4) is 0 Å². The molecule has 2 heterocycles. The van der Waals surface area contributed by atoms with E-state index >= 15 is 0 Å². The Kier molecular flexibility index (Phi) is 3.89. The maximum Gasteiger partial charge on any atom is 0.0963 e. The van der Waals surface area contributed by atoms with Gasteiger partial charge in [-0.25, -0.2) is 4.68 Å². The molecule has 2 aromatic rings. The molecule has 0 N–H and O–H groups in total. The molecule has 0 aliphatic heterocycles. The molecule has 4 nitrogen and oxygen atoms in total. The second-order valence-corrected chi connectivity index (χ2v) is 5.09. The first-order chi connectivity index (χ1) is 8.20. The number of hydrogen-bond donors (Lipinski definition) is 0. The predicted molar refractivity (Wildman–Crippen MR) is 70.1 cm³/mol. The van der Waals surface area contributed by atoms with Crippen LogP contribution in [0.2, 0.25) is 0 Å². The molecule has 2 rings (SSSR count). The van der Waals surface area contributed by atoms with Gasteiger partial charge in [-0.1, -0.05) is 34.1 Å². The van der Waals surface area contributed by atoms with Gasteiger partial charge in [0.15, 0.2) is 0 Å². The summed E-state index contributed by atoms with van der Waals surface area (Å²) in [4.78, 5) is 4.63. The number of pyridine rings is 1. The molecule has 0 radical (unpaired) electrons. The van der Waals surface area contributed by atoms with Crippen LogP contribution in [0.5, 0.6) is 0 Å². The normalized spacial score (nSPS) is 12.6. The molecule has 2 aromatic heterocycles. The Bertz CT molecular complexity index is 495. The van der Waals surface area contributed by atoms with Crippen LogP contribution in [0.15, 0.2) is 24.5 Å². The zero-order valence-corrected chi connectivity index (χ0v) is 11.6. The van der Waals surface area contributed by atoms with Gasteiger partial charge in [0.05, 0.1) is 29.0 Å². The van der Waals surface area contributed by atoms with E-state index in [0.29, 0.717) is 6.54 Å². The van der Waals surface area contributed by atoms with Crippen molar-refractivity contribution in [2.24, 2.45) is 0 Å². The number of halogens is 1. The molecule has 1 unspecified atom stereocenters. The molecular formula is C12H15BrN4. The van der Waals surface area contributed by atoms with E-state index < -0.39 is 0 Å². The Morgan fingerprint density at radius 2 is 2.29 bits per heavy atom. The molecule has 0 fully saturated rings. The SMILES string of the molecule is CCC(Br)c1cn(Cc2ncccc2C)nn1. The molecule has 0 aromatic carbocycles. The molecule has 0 spiro atoms. The summed E-state index contributed by atoms with van der Waals surface area (Å²) in [6, 6.07) is 4.00. The number of aryl methyl sites for hydroxylation is 1. The van der Waals surface area contributed by atoms with E-state index in [1.807, 2.05) is 16.9 Å².